The van der Waals surface area contributed by atoms with Crippen LogP contribution in [-0.2, 0) is 19.5 Å². The Morgan fingerprint density at radius 2 is 2.00 bits per heavy atom. The number of likely N-dealkylation sites (N-methyl/N-ethyl adjacent to an activating group) is 2. The van der Waals surface area contributed by atoms with Gasteiger partial charge >= 0.3 is 5.97 Å². The van der Waals surface area contributed by atoms with Gasteiger partial charge in [0.05, 0.1) is 7.11 Å². The summed E-state index contributed by atoms with van der Waals surface area (Å²) in [6.45, 7) is 2.61. The third kappa shape index (κ3) is 4.06. The van der Waals surface area contributed by atoms with E-state index in [0.29, 0.717) is 18.3 Å². The number of benzene rings is 2. The first-order chi connectivity index (χ1) is 12.5. The molecule has 2 aromatic rings. The maximum Gasteiger partial charge on any atom is 0.339 e. The fourth-order valence-corrected chi connectivity index (χ4v) is 3.68. The molecule has 138 valence electrons. The van der Waals surface area contributed by atoms with Gasteiger partial charge in [-0.15, -0.1) is 0 Å². The summed E-state index contributed by atoms with van der Waals surface area (Å²) in [6, 6.07) is 14.5. The second kappa shape index (κ2) is 7.89. The SMILES string of the molecule is COc1ccc(CN(C)CC2Cc3ccccc3CN2C)cc1C(=O)O. The Balaban J connectivity index is 1.67. The fourth-order valence-electron chi connectivity index (χ4n) is 3.68. The molecular weight excluding hydrogens is 328 g/mol. The van der Waals surface area contributed by atoms with Crippen LogP contribution in [0.25, 0.3) is 0 Å². The summed E-state index contributed by atoms with van der Waals surface area (Å²) in [5, 5.41) is 9.34. The van der Waals surface area contributed by atoms with Crippen LogP contribution in [0.3, 0.4) is 0 Å². The summed E-state index contributed by atoms with van der Waals surface area (Å²) in [7, 11) is 5.74. The third-order valence-electron chi connectivity index (χ3n) is 5.09. The number of hydrogen-bond donors (Lipinski definition) is 1. The van der Waals surface area contributed by atoms with Crippen molar-refractivity contribution < 1.29 is 14.6 Å². The Kier molecular flexibility index (Phi) is 5.59. The fraction of sp³-hybridized carbons (Fsp3) is 0.381. The Labute approximate surface area is 154 Å². The Hall–Kier alpha value is -2.37. The first-order valence-corrected chi connectivity index (χ1v) is 8.83. The van der Waals surface area contributed by atoms with Gasteiger partial charge in [-0.1, -0.05) is 30.3 Å². The van der Waals surface area contributed by atoms with E-state index in [4.69, 9.17) is 4.74 Å². The van der Waals surface area contributed by atoms with Crippen molar-refractivity contribution in [1.29, 1.82) is 0 Å². The lowest BCUT2D eigenvalue weighted by atomic mass is 9.94. The van der Waals surface area contributed by atoms with Gasteiger partial charge in [0.2, 0.25) is 0 Å². The van der Waals surface area contributed by atoms with Crippen molar-refractivity contribution in [3.8, 4) is 5.75 Å². The van der Waals surface area contributed by atoms with Crippen LogP contribution >= 0.6 is 0 Å². The number of hydrogen-bond acceptors (Lipinski definition) is 4. The molecule has 1 atom stereocenters. The average molecular weight is 354 g/mol. The highest BCUT2D eigenvalue weighted by Crippen LogP contribution is 2.24. The molecule has 1 heterocycles. The van der Waals surface area contributed by atoms with Crippen molar-refractivity contribution in [2.24, 2.45) is 0 Å². The second-order valence-corrected chi connectivity index (χ2v) is 7.08. The number of carbonyl (C=O) groups is 1. The number of aromatic carboxylic acids is 1. The lowest BCUT2D eigenvalue weighted by Crippen LogP contribution is -2.44. The zero-order valence-corrected chi connectivity index (χ0v) is 15.6. The zero-order valence-electron chi connectivity index (χ0n) is 15.6. The Morgan fingerprint density at radius 1 is 1.27 bits per heavy atom. The van der Waals surface area contributed by atoms with Gasteiger partial charge < -0.3 is 14.7 Å². The van der Waals surface area contributed by atoms with Crippen molar-refractivity contribution >= 4 is 5.97 Å². The van der Waals surface area contributed by atoms with Crippen molar-refractivity contribution in [3.63, 3.8) is 0 Å². The molecule has 0 aromatic heterocycles. The quantitative estimate of drug-likeness (QED) is 0.864. The van der Waals surface area contributed by atoms with Crippen molar-refractivity contribution in [3.05, 3.63) is 64.7 Å². The maximum atomic E-state index is 11.4. The molecule has 0 spiro atoms. The number of nitrogens with zero attached hydrogens (tertiary/aromatic N) is 2. The second-order valence-electron chi connectivity index (χ2n) is 7.08. The average Bonchev–Trinajstić information content (AvgIpc) is 2.62. The highest BCUT2D eigenvalue weighted by Gasteiger charge is 2.24. The number of carboxylic acids is 1. The lowest BCUT2D eigenvalue weighted by Gasteiger charge is -2.36. The summed E-state index contributed by atoms with van der Waals surface area (Å²) in [4.78, 5) is 16.0. The van der Waals surface area contributed by atoms with Gasteiger partial charge in [-0.05, 0) is 49.3 Å². The van der Waals surface area contributed by atoms with Crippen LogP contribution in [0.2, 0.25) is 0 Å². The monoisotopic (exact) mass is 354 g/mol. The largest absolute Gasteiger partial charge is 0.496 e. The van der Waals surface area contributed by atoms with Crippen molar-refractivity contribution in [1.82, 2.24) is 9.80 Å². The maximum absolute atomic E-state index is 11.4. The van der Waals surface area contributed by atoms with Crippen LogP contribution in [0, 0.1) is 0 Å². The summed E-state index contributed by atoms with van der Waals surface area (Å²) >= 11 is 0. The molecule has 0 radical (unpaired) electrons. The van der Waals surface area contributed by atoms with Gasteiger partial charge in [-0.3, -0.25) is 4.90 Å². The van der Waals surface area contributed by atoms with Gasteiger partial charge in [0.25, 0.3) is 0 Å². The topological polar surface area (TPSA) is 53.0 Å². The van der Waals surface area contributed by atoms with Crippen LogP contribution in [-0.4, -0.2) is 54.7 Å². The van der Waals surface area contributed by atoms with E-state index < -0.39 is 5.97 Å². The van der Waals surface area contributed by atoms with E-state index in [9.17, 15) is 9.90 Å². The van der Waals surface area contributed by atoms with E-state index in [1.807, 2.05) is 6.07 Å². The molecule has 1 aliphatic heterocycles. The highest BCUT2D eigenvalue weighted by molar-refractivity contribution is 5.91. The molecule has 0 saturated heterocycles. The Morgan fingerprint density at radius 3 is 2.69 bits per heavy atom. The molecule has 3 rings (SSSR count). The smallest absolute Gasteiger partial charge is 0.339 e. The van der Waals surface area contributed by atoms with Crippen LogP contribution in [0.15, 0.2) is 42.5 Å². The molecule has 26 heavy (non-hydrogen) atoms. The molecule has 5 nitrogen and oxygen atoms in total. The third-order valence-corrected chi connectivity index (χ3v) is 5.09. The van der Waals surface area contributed by atoms with E-state index in [1.54, 1.807) is 12.1 Å². The molecule has 1 aliphatic rings. The minimum absolute atomic E-state index is 0.210. The van der Waals surface area contributed by atoms with Crippen LogP contribution < -0.4 is 4.74 Å². The molecule has 5 heteroatoms. The first kappa shape index (κ1) is 18.4. The standard InChI is InChI=1S/C21H26N2O3/c1-22(12-15-8-9-20(26-3)19(10-15)21(24)25)14-18-11-16-6-4-5-7-17(16)13-23(18)2/h4-10,18H,11-14H2,1-3H3,(H,24,25). The summed E-state index contributed by atoms with van der Waals surface area (Å²) in [5.74, 6) is -0.567. The summed E-state index contributed by atoms with van der Waals surface area (Å²) in [5.41, 5.74) is 4.03. The van der Waals surface area contributed by atoms with Gasteiger partial charge in [0, 0.05) is 25.7 Å². The number of methoxy groups -OCH3 is 1. The van der Waals surface area contributed by atoms with Crippen molar-refractivity contribution in [2.75, 3.05) is 27.7 Å². The lowest BCUT2D eigenvalue weighted by molar-refractivity contribution is 0.0693. The molecular formula is C21H26N2O3. The highest BCUT2D eigenvalue weighted by atomic mass is 16.5. The molecule has 0 aliphatic carbocycles. The van der Waals surface area contributed by atoms with Gasteiger partial charge in [-0.2, -0.15) is 0 Å². The van der Waals surface area contributed by atoms with E-state index in [2.05, 4.69) is 48.2 Å². The number of rotatable bonds is 6. The van der Waals surface area contributed by atoms with E-state index in [-0.39, 0.29) is 5.56 Å². The number of carboxylic acid groups (broad SMARTS) is 1. The van der Waals surface area contributed by atoms with Crippen LogP contribution in [0.5, 0.6) is 5.75 Å². The van der Waals surface area contributed by atoms with E-state index in [0.717, 1.165) is 25.1 Å². The number of ether oxygens (including phenoxy) is 1. The van der Waals surface area contributed by atoms with Gasteiger partial charge in [0.15, 0.2) is 0 Å². The van der Waals surface area contributed by atoms with Crippen molar-refractivity contribution in [2.45, 2.75) is 25.6 Å². The zero-order chi connectivity index (χ0) is 18.7. The summed E-state index contributed by atoms with van der Waals surface area (Å²) < 4.78 is 5.13. The molecule has 0 saturated carbocycles. The van der Waals surface area contributed by atoms with E-state index in [1.165, 1.54) is 18.2 Å². The minimum Gasteiger partial charge on any atom is -0.496 e. The number of fused-ring (bicyclic) bond motifs is 1. The van der Waals surface area contributed by atoms with Crippen LogP contribution in [0.4, 0.5) is 0 Å². The predicted octanol–water partition coefficient (Wildman–Crippen LogP) is 2.88. The molecule has 0 fully saturated rings. The first-order valence-electron chi connectivity index (χ1n) is 8.83. The minimum atomic E-state index is -0.963. The van der Waals surface area contributed by atoms with E-state index >= 15 is 0 Å². The molecule has 0 amide bonds. The molecule has 0 bridgehead atoms. The molecule has 1 N–H and O–H groups in total. The normalized spacial score (nSPS) is 17.2. The van der Waals surface area contributed by atoms with Gasteiger partial charge in [-0.25, -0.2) is 4.79 Å². The molecule has 1 unspecified atom stereocenters. The summed E-state index contributed by atoms with van der Waals surface area (Å²) in [6.07, 6.45) is 1.04. The molecule has 2 aromatic carbocycles. The van der Waals surface area contributed by atoms with Crippen LogP contribution in [0.1, 0.15) is 27.0 Å². The Bertz CT molecular complexity index is 791. The van der Waals surface area contributed by atoms with Gasteiger partial charge in [0.1, 0.15) is 11.3 Å². The predicted molar refractivity (Wildman–Crippen MR) is 102 cm³/mol.